The third kappa shape index (κ3) is 5.47. The van der Waals surface area contributed by atoms with Gasteiger partial charge in [-0.15, -0.1) is 0 Å². The van der Waals surface area contributed by atoms with Gasteiger partial charge in [0.25, 0.3) is 0 Å². The minimum absolute atomic E-state index is 0.136. The lowest BCUT2D eigenvalue weighted by Crippen LogP contribution is -2.34. The number of anilines is 1. The maximum atomic E-state index is 13.2. The molecule has 2 aliphatic rings. The predicted molar refractivity (Wildman–Crippen MR) is 170 cm³/mol. The van der Waals surface area contributed by atoms with Gasteiger partial charge in [0.2, 0.25) is 11.8 Å². The summed E-state index contributed by atoms with van der Waals surface area (Å²) in [5, 5.41) is 0.602. The number of ketones is 1. The van der Waals surface area contributed by atoms with Gasteiger partial charge in [0.1, 0.15) is 0 Å². The van der Waals surface area contributed by atoms with Gasteiger partial charge < -0.3 is 4.74 Å². The summed E-state index contributed by atoms with van der Waals surface area (Å²) in [6.07, 6.45) is 1.21. The summed E-state index contributed by atoms with van der Waals surface area (Å²) in [6.45, 7) is -0.396. The monoisotopic (exact) mass is 752 g/mol. The Kier molecular flexibility index (Phi) is 8.13. The molecule has 0 bridgehead atoms. The number of carbonyl (C=O) groups is 4. The number of fused-ring (bicyclic) bond motifs is 2. The Morgan fingerprint density at radius 2 is 1.48 bits per heavy atom. The molecule has 1 aromatic heterocycles. The van der Waals surface area contributed by atoms with Crippen molar-refractivity contribution in [3.05, 3.63) is 94.5 Å². The van der Waals surface area contributed by atoms with Gasteiger partial charge in [-0.3, -0.25) is 19.3 Å². The minimum Gasteiger partial charge on any atom is -0.454 e. The van der Waals surface area contributed by atoms with Gasteiger partial charge in [-0.25, -0.2) is 9.78 Å². The summed E-state index contributed by atoms with van der Waals surface area (Å²) in [5.74, 6) is -1.96. The molecule has 212 valence electrons. The number of imide groups is 1. The molecule has 3 aromatic carbocycles. The van der Waals surface area contributed by atoms with Crippen LogP contribution in [0, 0.1) is 11.8 Å². The highest BCUT2D eigenvalue weighted by Gasteiger charge is 2.52. The van der Waals surface area contributed by atoms with Crippen LogP contribution in [0.3, 0.4) is 0 Å². The lowest BCUT2D eigenvalue weighted by molar-refractivity contribution is -0.122. The zero-order chi connectivity index (χ0) is 29.5. The van der Waals surface area contributed by atoms with E-state index in [1.165, 1.54) is 4.90 Å². The van der Waals surface area contributed by atoms with Gasteiger partial charge in [0, 0.05) is 30.6 Å². The molecule has 4 atom stereocenters. The van der Waals surface area contributed by atoms with E-state index in [1.807, 2.05) is 6.07 Å². The Hall–Kier alpha value is -3.21. The second kappa shape index (κ2) is 11.8. The number of carbonyl (C=O) groups excluding carboxylic acids is 4. The van der Waals surface area contributed by atoms with Crippen molar-refractivity contribution in [3.63, 3.8) is 0 Å². The number of amides is 2. The lowest BCUT2D eigenvalue weighted by Gasteiger charge is -2.29. The molecule has 6 rings (SSSR count). The van der Waals surface area contributed by atoms with Gasteiger partial charge in [0.05, 0.1) is 34.3 Å². The number of halogens is 3. The number of nitrogens with zero attached hydrogens (tertiary/aromatic N) is 2. The summed E-state index contributed by atoms with van der Waals surface area (Å²) in [6, 6.07) is 22.7. The quantitative estimate of drug-likeness (QED) is 0.0901. The second-order valence-electron chi connectivity index (χ2n) is 10.4. The number of pyridine rings is 1. The molecule has 0 radical (unpaired) electrons. The van der Waals surface area contributed by atoms with E-state index in [4.69, 9.17) is 9.72 Å². The number of alkyl halides is 2. The van der Waals surface area contributed by atoms with Crippen molar-refractivity contribution in [1.29, 1.82) is 0 Å². The van der Waals surface area contributed by atoms with Crippen molar-refractivity contribution in [2.24, 2.45) is 11.8 Å². The van der Waals surface area contributed by atoms with E-state index in [-0.39, 0.29) is 44.7 Å². The van der Waals surface area contributed by atoms with Crippen molar-refractivity contribution < 1.29 is 23.9 Å². The lowest BCUT2D eigenvalue weighted by atomic mass is 9.81. The van der Waals surface area contributed by atoms with Crippen LogP contribution in [0.25, 0.3) is 22.2 Å². The van der Waals surface area contributed by atoms with Crippen molar-refractivity contribution in [2.75, 3.05) is 11.5 Å². The summed E-state index contributed by atoms with van der Waals surface area (Å²) in [4.78, 5) is 58.5. The molecule has 2 heterocycles. The molecule has 4 aromatic rings. The van der Waals surface area contributed by atoms with Gasteiger partial charge in [-0.2, -0.15) is 0 Å². The SMILES string of the molecule is O=C(COC(=O)c1cc(-c2ccc(N3C(=O)C4CC(Br)C(Br)CC4C3=O)cc2)nc2ccccc12)c1ccc(Br)cc1. The van der Waals surface area contributed by atoms with Crippen LogP contribution in [0.5, 0.6) is 0 Å². The van der Waals surface area contributed by atoms with E-state index in [0.29, 0.717) is 46.3 Å². The van der Waals surface area contributed by atoms with Crippen LogP contribution in [0.4, 0.5) is 5.69 Å². The fourth-order valence-electron chi connectivity index (χ4n) is 5.55. The van der Waals surface area contributed by atoms with Crippen LogP contribution >= 0.6 is 47.8 Å². The first-order valence-electron chi connectivity index (χ1n) is 13.3. The van der Waals surface area contributed by atoms with Crippen LogP contribution < -0.4 is 4.90 Å². The Morgan fingerprint density at radius 1 is 0.857 bits per heavy atom. The molecule has 1 aliphatic carbocycles. The molecule has 42 heavy (non-hydrogen) atoms. The van der Waals surface area contributed by atoms with E-state index in [2.05, 4.69) is 47.8 Å². The maximum Gasteiger partial charge on any atom is 0.339 e. The van der Waals surface area contributed by atoms with E-state index in [0.717, 1.165) is 4.47 Å². The fraction of sp³-hybridized carbons (Fsp3) is 0.219. The Morgan fingerprint density at radius 3 is 2.12 bits per heavy atom. The normalized spacial score (nSPS) is 21.8. The number of benzene rings is 3. The summed E-state index contributed by atoms with van der Waals surface area (Å²) >= 11 is 10.6. The number of para-hydroxylation sites is 1. The first kappa shape index (κ1) is 28.9. The standard InChI is InChI=1S/C32H23Br3N2O5/c33-19-9-5-18(6-10-19)29(38)16-42-32(41)24-15-28(36-27-4-2-1-3-21(24)27)17-7-11-20(12-8-17)37-30(39)22-13-25(34)26(35)14-23(22)31(37)40/h1-12,15,22-23,25-26H,13-14,16H2. The number of ether oxygens (including phenoxy) is 1. The summed E-state index contributed by atoms with van der Waals surface area (Å²) in [7, 11) is 0. The van der Waals surface area contributed by atoms with Crippen molar-refractivity contribution in [3.8, 4) is 11.3 Å². The van der Waals surface area contributed by atoms with E-state index in [9.17, 15) is 19.2 Å². The third-order valence-electron chi connectivity index (χ3n) is 7.77. The zero-order valence-electron chi connectivity index (χ0n) is 22.0. The second-order valence-corrected chi connectivity index (χ2v) is 13.6. The molecule has 0 spiro atoms. The van der Waals surface area contributed by atoms with Crippen LogP contribution in [-0.4, -0.2) is 44.8 Å². The van der Waals surface area contributed by atoms with Crippen LogP contribution in [-0.2, 0) is 14.3 Å². The van der Waals surface area contributed by atoms with E-state index in [1.54, 1.807) is 72.8 Å². The Balaban J connectivity index is 1.25. The number of aromatic nitrogens is 1. The molecular weight excluding hydrogens is 732 g/mol. The average molecular weight is 755 g/mol. The van der Waals surface area contributed by atoms with Gasteiger partial charge in [-0.1, -0.05) is 90.3 Å². The molecule has 2 amide bonds. The highest BCUT2D eigenvalue weighted by molar-refractivity contribution is 9.12. The molecule has 4 unspecified atom stereocenters. The van der Waals surface area contributed by atoms with Gasteiger partial charge in [0.15, 0.2) is 12.4 Å². The van der Waals surface area contributed by atoms with E-state index < -0.39 is 12.6 Å². The van der Waals surface area contributed by atoms with Crippen molar-refractivity contribution in [1.82, 2.24) is 4.98 Å². The molecule has 1 saturated carbocycles. The number of Topliss-reactive ketones (excluding diaryl/α,β-unsaturated/α-hetero) is 1. The Bertz CT molecular complexity index is 1700. The highest BCUT2D eigenvalue weighted by Crippen LogP contribution is 2.44. The number of hydrogen-bond acceptors (Lipinski definition) is 6. The third-order valence-corrected chi connectivity index (χ3v) is 11.0. The highest BCUT2D eigenvalue weighted by atomic mass is 79.9. The fourth-order valence-corrected chi connectivity index (χ4v) is 7.05. The summed E-state index contributed by atoms with van der Waals surface area (Å²) < 4.78 is 6.27. The molecular formula is C32H23Br3N2O5. The summed E-state index contributed by atoms with van der Waals surface area (Å²) in [5.41, 5.74) is 3.04. The van der Waals surface area contributed by atoms with E-state index >= 15 is 0 Å². The molecule has 10 heteroatoms. The number of rotatable bonds is 6. The molecule has 7 nitrogen and oxygen atoms in total. The number of hydrogen-bond donors (Lipinski definition) is 0. The van der Waals surface area contributed by atoms with Gasteiger partial charge >= 0.3 is 5.97 Å². The average Bonchev–Trinajstić information content (AvgIpc) is 3.23. The number of esters is 1. The topological polar surface area (TPSA) is 93.6 Å². The Labute approximate surface area is 267 Å². The maximum absolute atomic E-state index is 13.2. The molecule has 0 N–H and O–H groups in total. The minimum atomic E-state index is -0.636. The van der Waals surface area contributed by atoms with Crippen LogP contribution in [0.1, 0.15) is 33.6 Å². The predicted octanol–water partition coefficient (Wildman–Crippen LogP) is 7.13. The van der Waals surface area contributed by atoms with Crippen molar-refractivity contribution >= 4 is 87.9 Å². The smallest absolute Gasteiger partial charge is 0.339 e. The van der Waals surface area contributed by atoms with Crippen molar-refractivity contribution in [2.45, 2.75) is 22.5 Å². The molecule has 1 aliphatic heterocycles. The van der Waals surface area contributed by atoms with Crippen LogP contribution in [0.2, 0.25) is 0 Å². The largest absolute Gasteiger partial charge is 0.454 e. The van der Waals surface area contributed by atoms with Gasteiger partial charge in [-0.05, 0) is 49.2 Å². The first-order chi connectivity index (χ1) is 20.2. The zero-order valence-corrected chi connectivity index (χ0v) is 26.8. The first-order valence-corrected chi connectivity index (χ1v) is 16.0. The molecule has 2 fully saturated rings. The molecule has 1 saturated heterocycles. The van der Waals surface area contributed by atoms with Crippen LogP contribution in [0.15, 0.2) is 83.3 Å².